The summed E-state index contributed by atoms with van der Waals surface area (Å²) in [6, 6.07) is 0.586. The van der Waals surface area contributed by atoms with Gasteiger partial charge in [0.25, 0.3) is 0 Å². The minimum absolute atomic E-state index is 0.352. The Labute approximate surface area is 113 Å². The van der Waals surface area contributed by atoms with Crippen LogP contribution < -0.4 is 0 Å². The Morgan fingerprint density at radius 1 is 1.44 bits per heavy atom. The molecule has 0 aromatic carbocycles. The van der Waals surface area contributed by atoms with Crippen molar-refractivity contribution in [3.8, 4) is 0 Å². The zero-order valence-electron chi connectivity index (χ0n) is 11.0. The predicted octanol–water partition coefficient (Wildman–Crippen LogP) is 2.61. The largest absolute Gasteiger partial charge is 0.396 e. The minimum Gasteiger partial charge on any atom is -0.396 e. The van der Waals surface area contributed by atoms with Crippen molar-refractivity contribution in [2.24, 2.45) is 5.92 Å². The molecule has 18 heavy (non-hydrogen) atoms. The van der Waals surface area contributed by atoms with E-state index in [1.807, 2.05) is 11.3 Å². The van der Waals surface area contributed by atoms with Crippen molar-refractivity contribution < 1.29 is 5.11 Å². The van der Waals surface area contributed by atoms with Crippen LogP contribution in [-0.4, -0.2) is 34.2 Å². The molecule has 4 heteroatoms. The second-order valence-electron chi connectivity index (χ2n) is 5.83. The minimum atomic E-state index is 0.352. The summed E-state index contributed by atoms with van der Waals surface area (Å²) >= 11 is 1.90. The molecule has 1 aliphatic carbocycles. The molecule has 2 heterocycles. The fourth-order valence-corrected chi connectivity index (χ4v) is 3.95. The smallest absolute Gasteiger partial charge is 0.0959 e. The summed E-state index contributed by atoms with van der Waals surface area (Å²) in [7, 11) is 0. The Hall–Kier alpha value is -0.450. The molecule has 1 aliphatic heterocycles. The van der Waals surface area contributed by atoms with E-state index in [4.69, 9.17) is 0 Å². The lowest BCUT2D eigenvalue weighted by Gasteiger charge is -2.36. The summed E-state index contributed by atoms with van der Waals surface area (Å²) in [5.41, 5.74) is 0. The van der Waals surface area contributed by atoms with Gasteiger partial charge in [-0.05, 0) is 45.1 Å². The monoisotopic (exact) mass is 266 g/mol. The highest BCUT2D eigenvalue weighted by Gasteiger charge is 2.28. The molecule has 1 saturated heterocycles. The second kappa shape index (κ2) is 5.27. The number of hydrogen-bond donors (Lipinski definition) is 1. The van der Waals surface area contributed by atoms with Crippen LogP contribution in [-0.2, 0) is 6.54 Å². The molecule has 100 valence electrons. The first kappa shape index (κ1) is 12.6. The van der Waals surface area contributed by atoms with Crippen LogP contribution in [0.2, 0.25) is 0 Å². The molecule has 2 fully saturated rings. The highest BCUT2D eigenvalue weighted by molar-refractivity contribution is 7.11. The van der Waals surface area contributed by atoms with Crippen molar-refractivity contribution in [1.29, 1.82) is 0 Å². The molecule has 1 aromatic rings. The van der Waals surface area contributed by atoms with Gasteiger partial charge in [0.1, 0.15) is 0 Å². The third kappa shape index (κ3) is 2.76. The van der Waals surface area contributed by atoms with E-state index >= 15 is 0 Å². The zero-order valence-corrected chi connectivity index (χ0v) is 11.8. The van der Waals surface area contributed by atoms with Crippen molar-refractivity contribution in [2.45, 2.75) is 51.1 Å². The summed E-state index contributed by atoms with van der Waals surface area (Å²) in [5, 5.41) is 10.6. The normalized spacial score (nSPS) is 29.7. The maximum Gasteiger partial charge on any atom is 0.0959 e. The van der Waals surface area contributed by atoms with Gasteiger partial charge in [-0.1, -0.05) is 0 Å². The summed E-state index contributed by atoms with van der Waals surface area (Å²) < 4.78 is 0. The quantitative estimate of drug-likeness (QED) is 0.910. The molecule has 3 rings (SSSR count). The highest BCUT2D eigenvalue weighted by Crippen LogP contribution is 2.42. The number of aromatic nitrogens is 1. The summed E-state index contributed by atoms with van der Waals surface area (Å²) in [6.45, 7) is 4.79. The average Bonchev–Trinajstić information content (AvgIpc) is 3.13. The Balaban J connectivity index is 1.58. The lowest BCUT2D eigenvalue weighted by molar-refractivity contribution is 0.0846. The molecule has 0 bridgehead atoms. The molecule has 1 N–H and O–H groups in total. The average molecular weight is 266 g/mol. The van der Waals surface area contributed by atoms with Gasteiger partial charge >= 0.3 is 0 Å². The van der Waals surface area contributed by atoms with Gasteiger partial charge in [0, 0.05) is 36.2 Å². The summed E-state index contributed by atoms with van der Waals surface area (Å²) in [5.74, 6) is 1.29. The Morgan fingerprint density at radius 2 is 2.28 bits per heavy atom. The van der Waals surface area contributed by atoms with Crippen LogP contribution in [0.25, 0.3) is 0 Å². The number of aliphatic hydroxyl groups is 1. The van der Waals surface area contributed by atoms with Gasteiger partial charge in [0.05, 0.1) is 5.01 Å². The molecule has 0 radical (unpaired) electrons. The van der Waals surface area contributed by atoms with Crippen LogP contribution in [0.3, 0.4) is 0 Å². The number of likely N-dealkylation sites (tertiary alicyclic amines) is 1. The van der Waals surface area contributed by atoms with Crippen LogP contribution in [0.1, 0.15) is 48.4 Å². The molecule has 1 saturated carbocycles. The van der Waals surface area contributed by atoms with Gasteiger partial charge in [-0.2, -0.15) is 0 Å². The third-order valence-corrected chi connectivity index (χ3v) is 5.38. The van der Waals surface area contributed by atoms with Gasteiger partial charge in [-0.25, -0.2) is 4.98 Å². The molecule has 2 atom stereocenters. The Bertz CT molecular complexity index is 402. The van der Waals surface area contributed by atoms with E-state index < -0.39 is 0 Å². The van der Waals surface area contributed by atoms with Gasteiger partial charge in [0.2, 0.25) is 0 Å². The Morgan fingerprint density at radius 3 is 2.94 bits per heavy atom. The van der Waals surface area contributed by atoms with E-state index in [9.17, 15) is 5.11 Å². The number of piperidine rings is 1. The molecule has 0 spiro atoms. The molecule has 1 aromatic heterocycles. The number of rotatable bonds is 4. The van der Waals surface area contributed by atoms with Gasteiger partial charge in [-0.15, -0.1) is 11.3 Å². The maximum atomic E-state index is 9.23. The maximum absolute atomic E-state index is 9.23. The number of thiazole rings is 1. The SMILES string of the molecule is C[C@H]1C[C@@H](CO)CCN1Cc1cnc(C2CC2)s1. The van der Waals surface area contributed by atoms with E-state index in [1.54, 1.807) is 0 Å². The molecule has 0 amide bonds. The second-order valence-corrected chi connectivity index (χ2v) is 6.98. The van der Waals surface area contributed by atoms with E-state index in [0.29, 0.717) is 18.6 Å². The van der Waals surface area contributed by atoms with Gasteiger partial charge < -0.3 is 5.11 Å². The standard InChI is InChI=1S/C14H22N2OS/c1-10-6-11(9-17)4-5-16(10)8-13-7-15-14(18-13)12-2-3-12/h7,10-12,17H,2-6,8-9H2,1H3/t10-,11-/m0/s1. The fraction of sp³-hybridized carbons (Fsp3) is 0.786. The van der Waals surface area contributed by atoms with E-state index in [1.165, 1.54) is 22.7 Å². The number of hydrogen-bond acceptors (Lipinski definition) is 4. The first-order valence-electron chi connectivity index (χ1n) is 7.05. The van der Waals surface area contributed by atoms with Crippen LogP contribution in [0.5, 0.6) is 0 Å². The third-order valence-electron chi connectivity index (χ3n) is 4.24. The van der Waals surface area contributed by atoms with E-state index in [2.05, 4.69) is 23.0 Å². The first-order chi connectivity index (χ1) is 8.76. The predicted molar refractivity (Wildman–Crippen MR) is 73.8 cm³/mol. The summed E-state index contributed by atoms with van der Waals surface area (Å²) in [6.07, 6.45) is 7.01. The number of nitrogens with zero attached hydrogens (tertiary/aromatic N) is 2. The van der Waals surface area contributed by atoms with Gasteiger partial charge in [-0.3, -0.25) is 4.90 Å². The van der Waals surface area contributed by atoms with Crippen LogP contribution in [0.4, 0.5) is 0 Å². The topological polar surface area (TPSA) is 36.4 Å². The zero-order chi connectivity index (χ0) is 12.5. The van der Waals surface area contributed by atoms with E-state index in [-0.39, 0.29) is 0 Å². The molecular weight excluding hydrogens is 244 g/mol. The van der Waals surface area contributed by atoms with Crippen molar-refractivity contribution >= 4 is 11.3 Å². The lowest BCUT2D eigenvalue weighted by Crippen LogP contribution is -2.40. The van der Waals surface area contributed by atoms with E-state index in [0.717, 1.165) is 31.8 Å². The number of aliphatic hydroxyl groups excluding tert-OH is 1. The molecule has 2 aliphatic rings. The highest BCUT2D eigenvalue weighted by atomic mass is 32.1. The molecule has 3 nitrogen and oxygen atoms in total. The van der Waals surface area contributed by atoms with Crippen molar-refractivity contribution in [2.75, 3.05) is 13.2 Å². The molecular formula is C14H22N2OS. The van der Waals surface area contributed by atoms with Crippen LogP contribution in [0, 0.1) is 5.92 Å². The van der Waals surface area contributed by atoms with Crippen molar-refractivity contribution in [1.82, 2.24) is 9.88 Å². The Kier molecular flexibility index (Phi) is 3.68. The lowest BCUT2D eigenvalue weighted by atomic mass is 9.92. The van der Waals surface area contributed by atoms with Crippen LogP contribution in [0.15, 0.2) is 6.20 Å². The van der Waals surface area contributed by atoms with Crippen LogP contribution >= 0.6 is 11.3 Å². The fourth-order valence-electron chi connectivity index (χ4n) is 2.83. The van der Waals surface area contributed by atoms with Gasteiger partial charge in [0.15, 0.2) is 0 Å². The molecule has 0 unspecified atom stereocenters. The summed E-state index contributed by atoms with van der Waals surface area (Å²) in [4.78, 5) is 8.50. The van der Waals surface area contributed by atoms with Crippen molar-refractivity contribution in [3.63, 3.8) is 0 Å². The first-order valence-corrected chi connectivity index (χ1v) is 7.87. The van der Waals surface area contributed by atoms with Crippen molar-refractivity contribution in [3.05, 3.63) is 16.1 Å².